The Hall–Kier alpha value is -0.120. The molecule has 4 unspecified atom stereocenters. The highest BCUT2D eigenvalue weighted by Gasteiger charge is 2.55. The van der Waals surface area contributed by atoms with Gasteiger partial charge in [-0.25, -0.2) is 0 Å². The molecule has 3 aliphatic rings. The van der Waals surface area contributed by atoms with Crippen molar-refractivity contribution in [2.24, 2.45) is 29.5 Å². The number of nitrogens with two attached hydrogens (primary N) is 1. The van der Waals surface area contributed by atoms with Gasteiger partial charge in [0.2, 0.25) is 0 Å². The first-order chi connectivity index (χ1) is 7.42. The number of rotatable bonds is 3. The molecule has 0 bridgehead atoms. The van der Waals surface area contributed by atoms with Crippen molar-refractivity contribution < 1.29 is 4.74 Å². The normalized spacial score (nSPS) is 46.2. The summed E-state index contributed by atoms with van der Waals surface area (Å²) >= 11 is 0. The third-order valence-electron chi connectivity index (χ3n) is 4.80. The maximum absolute atomic E-state index is 5.74. The molecular formula is C12H22N2O. The smallest absolute Gasteiger partial charge is 0.0510 e. The van der Waals surface area contributed by atoms with Crippen LogP contribution >= 0.6 is 0 Å². The SMILES string of the molecule is NNC(C1CCOC1)C1C2CCCCC21. The Bertz CT molecular complexity index is 216. The first-order valence-electron chi connectivity index (χ1n) is 6.45. The fourth-order valence-corrected chi connectivity index (χ4v) is 3.98. The third-order valence-corrected chi connectivity index (χ3v) is 4.80. The molecule has 86 valence electrons. The van der Waals surface area contributed by atoms with Crippen LogP contribution in [0.4, 0.5) is 0 Å². The Kier molecular flexibility index (Phi) is 2.71. The molecule has 0 aromatic rings. The van der Waals surface area contributed by atoms with Gasteiger partial charge in [0.25, 0.3) is 0 Å². The quantitative estimate of drug-likeness (QED) is 0.545. The fourth-order valence-electron chi connectivity index (χ4n) is 3.98. The molecule has 2 saturated carbocycles. The predicted molar refractivity (Wildman–Crippen MR) is 59.0 cm³/mol. The lowest BCUT2D eigenvalue weighted by atomic mass is 9.93. The molecule has 1 saturated heterocycles. The summed E-state index contributed by atoms with van der Waals surface area (Å²) in [6.07, 6.45) is 6.97. The molecule has 3 rings (SSSR count). The summed E-state index contributed by atoms with van der Waals surface area (Å²) in [7, 11) is 0. The van der Waals surface area contributed by atoms with Crippen LogP contribution in [0.1, 0.15) is 32.1 Å². The van der Waals surface area contributed by atoms with E-state index in [0.717, 1.165) is 31.0 Å². The van der Waals surface area contributed by atoms with E-state index in [-0.39, 0.29) is 0 Å². The van der Waals surface area contributed by atoms with E-state index in [1.807, 2.05) is 0 Å². The highest BCUT2D eigenvalue weighted by Crippen LogP contribution is 2.58. The minimum Gasteiger partial charge on any atom is -0.381 e. The summed E-state index contributed by atoms with van der Waals surface area (Å²) < 4.78 is 5.48. The molecule has 0 radical (unpaired) electrons. The van der Waals surface area contributed by atoms with Crippen molar-refractivity contribution >= 4 is 0 Å². The standard InChI is InChI=1S/C12H22N2O/c13-14-12(8-5-6-15-7-8)11-9-3-1-2-4-10(9)11/h8-12,14H,1-7,13H2. The number of fused-ring (bicyclic) bond motifs is 1. The average molecular weight is 210 g/mol. The van der Waals surface area contributed by atoms with Crippen molar-refractivity contribution in [2.45, 2.75) is 38.1 Å². The lowest BCUT2D eigenvalue weighted by Gasteiger charge is -2.21. The van der Waals surface area contributed by atoms with Crippen molar-refractivity contribution in [3.8, 4) is 0 Å². The second kappa shape index (κ2) is 4.04. The van der Waals surface area contributed by atoms with Crippen molar-refractivity contribution in [1.82, 2.24) is 5.43 Å². The van der Waals surface area contributed by atoms with Crippen LogP contribution in [0.15, 0.2) is 0 Å². The Morgan fingerprint density at radius 2 is 1.87 bits per heavy atom. The van der Waals surface area contributed by atoms with Crippen LogP contribution in [0, 0.1) is 23.7 Å². The summed E-state index contributed by atoms with van der Waals surface area (Å²) in [5.41, 5.74) is 3.08. The van der Waals surface area contributed by atoms with Crippen LogP contribution in [-0.4, -0.2) is 19.3 Å². The molecule has 2 aliphatic carbocycles. The maximum Gasteiger partial charge on any atom is 0.0510 e. The lowest BCUT2D eigenvalue weighted by molar-refractivity contribution is 0.171. The third kappa shape index (κ3) is 1.71. The van der Waals surface area contributed by atoms with Gasteiger partial charge in [-0.3, -0.25) is 11.3 Å². The summed E-state index contributed by atoms with van der Waals surface area (Å²) in [4.78, 5) is 0. The molecule has 3 heteroatoms. The molecule has 4 atom stereocenters. The zero-order valence-corrected chi connectivity index (χ0v) is 9.32. The van der Waals surface area contributed by atoms with Gasteiger partial charge in [0, 0.05) is 18.6 Å². The van der Waals surface area contributed by atoms with Crippen LogP contribution < -0.4 is 11.3 Å². The number of hydrogen-bond donors (Lipinski definition) is 2. The monoisotopic (exact) mass is 210 g/mol. The first kappa shape index (κ1) is 10.1. The molecule has 3 nitrogen and oxygen atoms in total. The van der Waals surface area contributed by atoms with Gasteiger partial charge < -0.3 is 4.74 Å². The van der Waals surface area contributed by atoms with E-state index in [1.165, 1.54) is 32.1 Å². The van der Waals surface area contributed by atoms with E-state index in [0.29, 0.717) is 12.0 Å². The number of ether oxygens (including phenoxy) is 1. The summed E-state index contributed by atoms with van der Waals surface area (Å²) in [5, 5.41) is 0. The van der Waals surface area contributed by atoms with E-state index >= 15 is 0 Å². The van der Waals surface area contributed by atoms with Crippen LogP contribution in [-0.2, 0) is 4.74 Å². The molecule has 1 heterocycles. The van der Waals surface area contributed by atoms with E-state index < -0.39 is 0 Å². The summed E-state index contributed by atoms with van der Waals surface area (Å²) in [6.45, 7) is 1.86. The molecule has 0 aromatic heterocycles. The Balaban J connectivity index is 1.64. The van der Waals surface area contributed by atoms with Crippen LogP contribution in [0.2, 0.25) is 0 Å². The van der Waals surface area contributed by atoms with Crippen molar-refractivity contribution in [1.29, 1.82) is 0 Å². The molecule has 3 N–H and O–H groups in total. The first-order valence-corrected chi connectivity index (χ1v) is 6.45. The highest BCUT2D eigenvalue weighted by atomic mass is 16.5. The average Bonchev–Trinajstić information content (AvgIpc) is 2.74. The van der Waals surface area contributed by atoms with Gasteiger partial charge in [-0.1, -0.05) is 12.8 Å². The molecule has 0 amide bonds. The molecule has 15 heavy (non-hydrogen) atoms. The van der Waals surface area contributed by atoms with E-state index in [9.17, 15) is 0 Å². The van der Waals surface area contributed by atoms with Crippen molar-refractivity contribution in [3.05, 3.63) is 0 Å². The summed E-state index contributed by atoms with van der Waals surface area (Å²) in [5.74, 6) is 9.25. The van der Waals surface area contributed by atoms with Gasteiger partial charge >= 0.3 is 0 Å². The molecule has 1 aliphatic heterocycles. The Morgan fingerprint density at radius 3 is 2.40 bits per heavy atom. The minimum absolute atomic E-state index is 0.528. The Labute approximate surface area is 91.7 Å². The summed E-state index contributed by atoms with van der Waals surface area (Å²) in [6, 6.07) is 0.528. The Morgan fingerprint density at radius 1 is 1.13 bits per heavy atom. The largest absolute Gasteiger partial charge is 0.381 e. The maximum atomic E-state index is 5.74. The second-order valence-electron chi connectivity index (χ2n) is 5.51. The van der Waals surface area contributed by atoms with Crippen LogP contribution in [0.5, 0.6) is 0 Å². The lowest BCUT2D eigenvalue weighted by Crippen LogP contribution is -2.43. The number of hydrazine groups is 1. The van der Waals surface area contributed by atoms with E-state index in [1.54, 1.807) is 0 Å². The number of hydrogen-bond acceptors (Lipinski definition) is 3. The van der Waals surface area contributed by atoms with Crippen LogP contribution in [0.25, 0.3) is 0 Å². The van der Waals surface area contributed by atoms with Gasteiger partial charge in [0.05, 0.1) is 6.61 Å². The van der Waals surface area contributed by atoms with Gasteiger partial charge in [-0.2, -0.15) is 0 Å². The predicted octanol–water partition coefficient (Wildman–Crippen LogP) is 1.29. The minimum atomic E-state index is 0.528. The topological polar surface area (TPSA) is 47.3 Å². The number of nitrogens with one attached hydrogen (secondary N) is 1. The molecule has 0 spiro atoms. The molecule has 3 fully saturated rings. The van der Waals surface area contributed by atoms with Gasteiger partial charge in [0.1, 0.15) is 0 Å². The highest BCUT2D eigenvalue weighted by molar-refractivity contribution is 5.06. The van der Waals surface area contributed by atoms with Gasteiger partial charge in [-0.05, 0) is 37.0 Å². The molecule has 0 aromatic carbocycles. The van der Waals surface area contributed by atoms with E-state index in [4.69, 9.17) is 10.6 Å². The van der Waals surface area contributed by atoms with Crippen molar-refractivity contribution in [2.75, 3.05) is 13.2 Å². The fraction of sp³-hybridized carbons (Fsp3) is 1.00. The zero-order valence-electron chi connectivity index (χ0n) is 9.32. The van der Waals surface area contributed by atoms with Crippen LogP contribution in [0.3, 0.4) is 0 Å². The molecular weight excluding hydrogens is 188 g/mol. The second-order valence-corrected chi connectivity index (χ2v) is 5.51. The van der Waals surface area contributed by atoms with E-state index in [2.05, 4.69) is 5.43 Å². The van der Waals surface area contributed by atoms with Gasteiger partial charge in [-0.15, -0.1) is 0 Å². The zero-order chi connectivity index (χ0) is 10.3. The van der Waals surface area contributed by atoms with Crippen molar-refractivity contribution in [3.63, 3.8) is 0 Å². The van der Waals surface area contributed by atoms with Gasteiger partial charge in [0.15, 0.2) is 0 Å².